The summed E-state index contributed by atoms with van der Waals surface area (Å²) in [5.74, 6) is 1.39. The van der Waals surface area contributed by atoms with Crippen LogP contribution in [0.1, 0.15) is 5.56 Å². The zero-order valence-electron chi connectivity index (χ0n) is 13.0. The van der Waals surface area contributed by atoms with Crippen molar-refractivity contribution < 1.29 is 14.3 Å². The van der Waals surface area contributed by atoms with Gasteiger partial charge in [-0.15, -0.1) is 0 Å². The van der Waals surface area contributed by atoms with Gasteiger partial charge in [-0.25, -0.2) is 4.79 Å². The first kappa shape index (κ1) is 15.7. The van der Waals surface area contributed by atoms with Crippen molar-refractivity contribution in [2.45, 2.75) is 6.54 Å². The fourth-order valence-corrected chi connectivity index (χ4v) is 2.12. The molecule has 5 heteroatoms. The van der Waals surface area contributed by atoms with E-state index < -0.39 is 0 Å². The molecule has 0 saturated heterocycles. The van der Waals surface area contributed by atoms with Crippen LogP contribution in [0.4, 0.5) is 10.5 Å². The highest BCUT2D eigenvalue weighted by atomic mass is 16.5. The quantitative estimate of drug-likeness (QED) is 0.921. The maximum atomic E-state index is 12.3. The molecule has 0 atom stereocenters. The Morgan fingerprint density at radius 1 is 1.00 bits per heavy atom. The number of hydrogen-bond donors (Lipinski definition) is 1. The second kappa shape index (κ2) is 7.36. The van der Waals surface area contributed by atoms with Crippen molar-refractivity contribution >= 4 is 11.7 Å². The molecule has 22 heavy (non-hydrogen) atoms. The molecule has 0 radical (unpaired) electrons. The van der Waals surface area contributed by atoms with Crippen molar-refractivity contribution in [2.75, 3.05) is 26.6 Å². The lowest BCUT2D eigenvalue weighted by molar-refractivity contribution is 0.220. The molecule has 2 aromatic rings. The second-order valence-electron chi connectivity index (χ2n) is 4.80. The van der Waals surface area contributed by atoms with Gasteiger partial charge in [-0.2, -0.15) is 0 Å². The zero-order chi connectivity index (χ0) is 15.9. The molecule has 2 rings (SSSR count). The lowest BCUT2D eigenvalue weighted by Crippen LogP contribution is -2.31. The molecule has 2 amide bonds. The zero-order valence-corrected chi connectivity index (χ0v) is 13.0. The fourth-order valence-electron chi connectivity index (χ4n) is 2.12. The van der Waals surface area contributed by atoms with Crippen molar-refractivity contribution in [3.05, 3.63) is 54.1 Å². The fraction of sp³-hybridized carbons (Fsp3) is 0.235. The Kier molecular flexibility index (Phi) is 5.25. The molecule has 0 aromatic heterocycles. The van der Waals surface area contributed by atoms with Crippen LogP contribution in [-0.2, 0) is 6.54 Å². The number of nitrogens with zero attached hydrogens (tertiary/aromatic N) is 1. The van der Waals surface area contributed by atoms with Gasteiger partial charge in [0.05, 0.1) is 26.5 Å². The summed E-state index contributed by atoms with van der Waals surface area (Å²) < 4.78 is 10.5. The molecule has 0 unspecified atom stereocenters. The first-order valence-corrected chi connectivity index (χ1v) is 6.92. The van der Waals surface area contributed by atoms with Gasteiger partial charge in [-0.05, 0) is 18.2 Å². The maximum absolute atomic E-state index is 12.3. The van der Waals surface area contributed by atoms with Crippen LogP contribution in [0.2, 0.25) is 0 Å². The van der Waals surface area contributed by atoms with Gasteiger partial charge in [0.25, 0.3) is 0 Å². The first-order valence-electron chi connectivity index (χ1n) is 6.92. The molecule has 0 aliphatic heterocycles. The van der Waals surface area contributed by atoms with Gasteiger partial charge in [-0.3, -0.25) is 0 Å². The van der Waals surface area contributed by atoms with Crippen LogP contribution in [0, 0.1) is 0 Å². The van der Waals surface area contributed by atoms with E-state index in [0.29, 0.717) is 18.0 Å². The summed E-state index contributed by atoms with van der Waals surface area (Å²) in [6.07, 6.45) is 0. The molecule has 5 nitrogen and oxygen atoms in total. The van der Waals surface area contributed by atoms with E-state index in [2.05, 4.69) is 5.32 Å². The number of carbonyl (C=O) groups excluding carboxylic acids is 1. The van der Waals surface area contributed by atoms with E-state index in [-0.39, 0.29) is 6.03 Å². The third-order valence-electron chi connectivity index (χ3n) is 3.30. The van der Waals surface area contributed by atoms with Gasteiger partial charge < -0.3 is 19.7 Å². The summed E-state index contributed by atoms with van der Waals surface area (Å²) in [5.41, 5.74) is 1.59. The van der Waals surface area contributed by atoms with Gasteiger partial charge in [0, 0.05) is 12.6 Å². The molecule has 0 fully saturated rings. The predicted octanol–water partition coefficient (Wildman–Crippen LogP) is 3.37. The molecule has 0 spiro atoms. The molecule has 0 heterocycles. The van der Waals surface area contributed by atoms with Crippen LogP contribution in [0.3, 0.4) is 0 Å². The second-order valence-corrected chi connectivity index (χ2v) is 4.80. The Balaban J connectivity index is 2.06. The number of methoxy groups -OCH3 is 2. The van der Waals surface area contributed by atoms with Crippen molar-refractivity contribution in [1.82, 2.24) is 4.90 Å². The predicted molar refractivity (Wildman–Crippen MR) is 86.5 cm³/mol. The van der Waals surface area contributed by atoms with E-state index in [1.54, 1.807) is 38.3 Å². The molecule has 2 aromatic carbocycles. The minimum Gasteiger partial charge on any atom is -0.496 e. The summed E-state index contributed by atoms with van der Waals surface area (Å²) in [4.78, 5) is 13.9. The monoisotopic (exact) mass is 300 g/mol. The Morgan fingerprint density at radius 3 is 2.27 bits per heavy atom. The van der Waals surface area contributed by atoms with Gasteiger partial charge in [0.2, 0.25) is 0 Å². The molecule has 0 aliphatic carbocycles. The smallest absolute Gasteiger partial charge is 0.321 e. The number of hydrogen-bond acceptors (Lipinski definition) is 3. The van der Waals surface area contributed by atoms with Crippen LogP contribution in [-0.4, -0.2) is 32.2 Å². The number of para-hydroxylation sites is 3. The molecule has 0 saturated carbocycles. The minimum absolute atomic E-state index is 0.213. The van der Waals surface area contributed by atoms with Gasteiger partial charge in [-0.1, -0.05) is 30.3 Å². The summed E-state index contributed by atoms with van der Waals surface area (Å²) in [7, 11) is 4.93. The SMILES string of the molecule is COc1ccccc1CN(C)C(=O)Nc1ccccc1OC. The highest BCUT2D eigenvalue weighted by molar-refractivity contribution is 5.90. The standard InChI is InChI=1S/C17H20N2O3/c1-19(12-13-8-4-6-10-15(13)21-2)17(20)18-14-9-5-7-11-16(14)22-3/h4-11H,12H2,1-3H3,(H,18,20). The lowest BCUT2D eigenvalue weighted by atomic mass is 10.2. The third kappa shape index (κ3) is 3.69. The number of anilines is 1. The average Bonchev–Trinajstić information content (AvgIpc) is 2.55. The number of urea groups is 1. The van der Waals surface area contributed by atoms with Gasteiger partial charge in [0.1, 0.15) is 11.5 Å². The number of rotatable bonds is 5. The average molecular weight is 300 g/mol. The molecular formula is C17H20N2O3. The lowest BCUT2D eigenvalue weighted by Gasteiger charge is -2.20. The van der Waals surface area contributed by atoms with Gasteiger partial charge >= 0.3 is 6.03 Å². The highest BCUT2D eigenvalue weighted by Gasteiger charge is 2.13. The van der Waals surface area contributed by atoms with Crippen LogP contribution in [0.15, 0.2) is 48.5 Å². The summed E-state index contributed by atoms with van der Waals surface area (Å²) in [5, 5.41) is 2.84. The molecular weight excluding hydrogens is 280 g/mol. The van der Waals surface area contributed by atoms with Gasteiger partial charge in [0.15, 0.2) is 0 Å². The largest absolute Gasteiger partial charge is 0.496 e. The van der Waals surface area contributed by atoms with Crippen molar-refractivity contribution in [1.29, 1.82) is 0 Å². The molecule has 0 bridgehead atoms. The summed E-state index contributed by atoms with van der Waals surface area (Å²) >= 11 is 0. The van der Waals surface area contributed by atoms with E-state index >= 15 is 0 Å². The van der Waals surface area contributed by atoms with E-state index in [1.165, 1.54) is 0 Å². The third-order valence-corrected chi connectivity index (χ3v) is 3.30. The van der Waals surface area contributed by atoms with Crippen molar-refractivity contribution in [3.8, 4) is 11.5 Å². The van der Waals surface area contributed by atoms with Crippen molar-refractivity contribution in [3.63, 3.8) is 0 Å². The highest BCUT2D eigenvalue weighted by Crippen LogP contribution is 2.24. The van der Waals surface area contributed by atoms with E-state index in [4.69, 9.17) is 9.47 Å². The summed E-state index contributed by atoms with van der Waals surface area (Å²) in [6, 6.07) is 14.7. The Labute approximate surface area is 130 Å². The minimum atomic E-state index is -0.213. The Morgan fingerprint density at radius 2 is 1.59 bits per heavy atom. The van der Waals surface area contributed by atoms with Crippen molar-refractivity contribution in [2.24, 2.45) is 0 Å². The first-order chi connectivity index (χ1) is 10.7. The Hall–Kier alpha value is -2.69. The molecule has 1 N–H and O–H groups in total. The topological polar surface area (TPSA) is 50.8 Å². The number of amides is 2. The summed E-state index contributed by atoms with van der Waals surface area (Å²) in [6.45, 7) is 0.449. The number of benzene rings is 2. The number of nitrogens with one attached hydrogen (secondary N) is 1. The van der Waals surface area contributed by atoms with E-state index in [1.807, 2.05) is 36.4 Å². The van der Waals surface area contributed by atoms with Crippen LogP contribution < -0.4 is 14.8 Å². The number of ether oxygens (including phenoxy) is 2. The van der Waals surface area contributed by atoms with Crippen LogP contribution in [0.25, 0.3) is 0 Å². The normalized spacial score (nSPS) is 9.95. The molecule has 116 valence electrons. The van der Waals surface area contributed by atoms with E-state index in [9.17, 15) is 4.79 Å². The van der Waals surface area contributed by atoms with Crippen LogP contribution in [0.5, 0.6) is 11.5 Å². The van der Waals surface area contributed by atoms with Crippen LogP contribution >= 0.6 is 0 Å². The molecule has 0 aliphatic rings. The Bertz CT molecular complexity index is 643. The maximum Gasteiger partial charge on any atom is 0.321 e. The van der Waals surface area contributed by atoms with E-state index in [0.717, 1.165) is 11.3 Å². The number of carbonyl (C=O) groups is 1.